The number of fused-ring (bicyclic) bond motifs is 1. The van der Waals surface area contributed by atoms with Crippen LogP contribution in [-0.4, -0.2) is 38.9 Å². The Bertz CT molecular complexity index is 854. The average molecular weight is 325 g/mol. The van der Waals surface area contributed by atoms with Crippen LogP contribution in [0.15, 0.2) is 23.3 Å². The van der Waals surface area contributed by atoms with Gasteiger partial charge in [-0.2, -0.15) is 5.10 Å². The SMILES string of the molecule is Cc1cccc2[nH]c([C@H]3CCCN3C(=O)C3=NNC(=O)CC3)nc12. The Kier molecular flexibility index (Phi) is 3.55. The zero-order chi connectivity index (χ0) is 16.7. The lowest BCUT2D eigenvalue weighted by Gasteiger charge is -2.24. The molecule has 0 bridgehead atoms. The maximum Gasteiger partial charge on any atom is 0.270 e. The summed E-state index contributed by atoms with van der Waals surface area (Å²) >= 11 is 0. The van der Waals surface area contributed by atoms with Crippen LogP contribution in [0.5, 0.6) is 0 Å². The van der Waals surface area contributed by atoms with E-state index in [2.05, 4.69) is 15.5 Å². The molecular weight excluding hydrogens is 306 g/mol. The topological polar surface area (TPSA) is 90.5 Å². The fourth-order valence-corrected chi connectivity index (χ4v) is 3.44. The van der Waals surface area contributed by atoms with Crippen LogP contribution in [0.25, 0.3) is 11.0 Å². The monoisotopic (exact) mass is 325 g/mol. The van der Waals surface area contributed by atoms with Crippen molar-refractivity contribution in [2.75, 3.05) is 6.54 Å². The Balaban J connectivity index is 1.63. The second-order valence-corrected chi connectivity index (χ2v) is 6.34. The third kappa shape index (κ3) is 2.46. The molecule has 1 atom stereocenters. The zero-order valence-electron chi connectivity index (χ0n) is 13.5. The van der Waals surface area contributed by atoms with Gasteiger partial charge < -0.3 is 9.88 Å². The predicted molar refractivity (Wildman–Crippen MR) is 89.3 cm³/mol. The number of likely N-dealkylation sites (tertiary alicyclic amines) is 1. The van der Waals surface area contributed by atoms with E-state index in [4.69, 9.17) is 4.98 Å². The van der Waals surface area contributed by atoms with Crippen LogP contribution < -0.4 is 5.43 Å². The number of para-hydroxylation sites is 1. The van der Waals surface area contributed by atoms with Crippen molar-refractivity contribution in [2.24, 2.45) is 5.10 Å². The Labute approximate surface area is 139 Å². The molecule has 1 fully saturated rings. The van der Waals surface area contributed by atoms with Crippen molar-refractivity contribution in [1.29, 1.82) is 0 Å². The number of benzene rings is 1. The van der Waals surface area contributed by atoms with Gasteiger partial charge in [0, 0.05) is 19.4 Å². The zero-order valence-corrected chi connectivity index (χ0v) is 13.5. The van der Waals surface area contributed by atoms with Gasteiger partial charge in [-0.1, -0.05) is 12.1 Å². The molecule has 2 aliphatic heterocycles. The molecule has 2 aliphatic rings. The van der Waals surface area contributed by atoms with Gasteiger partial charge in [-0.25, -0.2) is 10.4 Å². The number of aryl methyl sites for hydroxylation is 1. The fourth-order valence-electron chi connectivity index (χ4n) is 3.44. The third-order valence-corrected chi connectivity index (χ3v) is 4.71. The highest BCUT2D eigenvalue weighted by Crippen LogP contribution is 2.32. The first-order valence-corrected chi connectivity index (χ1v) is 8.25. The van der Waals surface area contributed by atoms with E-state index < -0.39 is 0 Å². The van der Waals surface area contributed by atoms with Gasteiger partial charge >= 0.3 is 0 Å². The molecule has 1 aromatic heterocycles. The number of nitrogens with zero attached hydrogens (tertiary/aromatic N) is 3. The normalized spacial score (nSPS) is 21.0. The standard InChI is InChI=1S/C17H19N5O2/c1-10-4-2-5-11-15(10)19-16(18-11)13-6-3-9-22(13)17(24)12-7-8-14(23)21-20-12/h2,4-5,13H,3,6-9H2,1H3,(H,18,19)(H,21,23)/t13-/m1/s1. The maximum absolute atomic E-state index is 12.8. The van der Waals surface area contributed by atoms with Gasteiger partial charge in [0.25, 0.3) is 5.91 Å². The molecule has 7 heteroatoms. The second kappa shape index (κ2) is 5.74. The largest absolute Gasteiger partial charge is 0.340 e. The van der Waals surface area contributed by atoms with Crippen LogP contribution in [0, 0.1) is 6.92 Å². The first kappa shape index (κ1) is 14.9. The van der Waals surface area contributed by atoms with Gasteiger partial charge in [-0.15, -0.1) is 0 Å². The molecule has 2 amide bonds. The molecule has 3 heterocycles. The van der Waals surface area contributed by atoms with Gasteiger partial charge in [-0.05, 0) is 31.4 Å². The van der Waals surface area contributed by atoms with E-state index in [1.54, 1.807) is 0 Å². The molecule has 2 N–H and O–H groups in total. The summed E-state index contributed by atoms with van der Waals surface area (Å²) in [6.45, 7) is 2.72. The van der Waals surface area contributed by atoms with Crippen LogP contribution in [0.1, 0.15) is 43.1 Å². The number of carbonyl (C=O) groups excluding carboxylic acids is 2. The molecule has 0 radical (unpaired) electrons. The van der Waals surface area contributed by atoms with Crippen LogP contribution in [0.3, 0.4) is 0 Å². The molecule has 0 unspecified atom stereocenters. The van der Waals surface area contributed by atoms with Gasteiger partial charge in [0.2, 0.25) is 5.91 Å². The van der Waals surface area contributed by atoms with Crippen molar-refractivity contribution in [3.8, 4) is 0 Å². The van der Waals surface area contributed by atoms with Crippen molar-refractivity contribution in [3.05, 3.63) is 29.6 Å². The van der Waals surface area contributed by atoms with Gasteiger partial charge in [0.05, 0.1) is 17.1 Å². The highest BCUT2D eigenvalue weighted by Gasteiger charge is 2.35. The first-order chi connectivity index (χ1) is 11.6. The lowest BCUT2D eigenvalue weighted by atomic mass is 10.1. The second-order valence-electron chi connectivity index (χ2n) is 6.34. The predicted octanol–water partition coefficient (Wildman–Crippen LogP) is 1.80. The summed E-state index contributed by atoms with van der Waals surface area (Å²) in [5.74, 6) is 0.581. The van der Waals surface area contributed by atoms with Gasteiger partial charge in [0.1, 0.15) is 11.5 Å². The molecule has 2 aromatic rings. The molecule has 1 aromatic carbocycles. The van der Waals surface area contributed by atoms with Crippen LogP contribution in [0.2, 0.25) is 0 Å². The minimum Gasteiger partial charge on any atom is -0.340 e. The number of hydrogen-bond acceptors (Lipinski definition) is 4. The van der Waals surface area contributed by atoms with Gasteiger partial charge in [-0.3, -0.25) is 9.59 Å². The Morgan fingerprint density at radius 1 is 1.33 bits per heavy atom. The fraction of sp³-hybridized carbons (Fsp3) is 0.412. The highest BCUT2D eigenvalue weighted by atomic mass is 16.2. The van der Waals surface area contributed by atoms with E-state index in [0.717, 1.165) is 35.3 Å². The lowest BCUT2D eigenvalue weighted by molar-refractivity contribution is -0.125. The summed E-state index contributed by atoms with van der Waals surface area (Å²) in [5, 5.41) is 3.94. The van der Waals surface area contributed by atoms with Crippen LogP contribution in [-0.2, 0) is 9.59 Å². The Hall–Kier alpha value is -2.70. The quantitative estimate of drug-likeness (QED) is 0.882. The summed E-state index contributed by atoms with van der Waals surface area (Å²) in [4.78, 5) is 33.9. The summed E-state index contributed by atoms with van der Waals surface area (Å²) in [7, 11) is 0. The van der Waals surface area contributed by atoms with Crippen LogP contribution >= 0.6 is 0 Å². The molecule has 0 saturated carbocycles. The number of aromatic nitrogens is 2. The summed E-state index contributed by atoms with van der Waals surface area (Å²) in [5.41, 5.74) is 5.88. The number of carbonyl (C=O) groups is 2. The van der Waals surface area contributed by atoms with E-state index in [9.17, 15) is 9.59 Å². The molecular formula is C17H19N5O2. The maximum atomic E-state index is 12.8. The average Bonchev–Trinajstić information content (AvgIpc) is 3.22. The third-order valence-electron chi connectivity index (χ3n) is 4.71. The molecule has 124 valence electrons. The van der Waals surface area contributed by atoms with Crippen molar-refractivity contribution >= 4 is 28.6 Å². The smallest absolute Gasteiger partial charge is 0.270 e. The number of rotatable bonds is 2. The molecule has 0 aliphatic carbocycles. The molecule has 4 rings (SSSR count). The number of H-pyrrole nitrogens is 1. The van der Waals surface area contributed by atoms with Crippen molar-refractivity contribution in [3.63, 3.8) is 0 Å². The van der Waals surface area contributed by atoms with E-state index in [1.165, 1.54) is 0 Å². The number of hydrazone groups is 1. The first-order valence-electron chi connectivity index (χ1n) is 8.25. The van der Waals surface area contributed by atoms with Gasteiger partial charge in [0.15, 0.2) is 0 Å². The van der Waals surface area contributed by atoms with Crippen LogP contribution in [0.4, 0.5) is 0 Å². The molecule has 1 saturated heterocycles. The summed E-state index contributed by atoms with van der Waals surface area (Å²) in [6.07, 6.45) is 2.52. The summed E-state index contributed by atoms with van der Waals surface area (Å²) < 4.78 is 0. The van der Waals surface area contributed by atoms with E-state index in [-0.39, 0.29) is 17.9 Å². The minimum atomic E-state index is -0.141. The lowest BCUT2D eigenvalue weighted by Crippen LogP contribution is -2.40. The van der Waals surface area contributed by atoms with Crippen molar-refractivity contribution in [1.82, 2.24) is 20.3 Å². The Morgan fingerprint density at radius 2 is 2.21 bits per heavy atom. The number of aromatic amines is 1. The van der Waals surface area contributed by atoms with Crippen molar-refractivity contribution in [2.45, 2.75) is 38.6 Å². The summed E-state index contributed by atoms with van der Waals surface area (Å²) in [6, 6.07) is 5.96. The van der Waals surface area contributed by atoms with E-state index in [0.29, 0.717) is 25.1 Å². The van der Waals surface area contributed by atoms with Crippen molar-refractivity contribution < 1.29 is 9.59 Å². The number of imidazole rings is 1. The minimum absolute atomic E-state index is 0.0652. The molecule has 0 spiro atoms. The number of amides is 2. The Morgan fingerprint density at radius 3 is 2.96 bits per heavy atom. The highest BCUT2D eigenvalue weighted by molar-refractivity contribution is 6.39. The number of hydrogen-bond donors (Lipinski definition) is 2. The molecule has 7 nitrogen and oxygen atoms in total. The molecule has 24 heavy (non-hydrogen) atoms. The van der Waals surface area contributed by atoms with E-state index >= 15 is 0 Å². The van der Waals surface area contributed by atoms with E-state index in [1.807, 2.05) is 30.0 Å². The number of nitrogens with one attached hydrogen (secondary N) is 2.